The van der Waals surface area contributed by atoms with Gasteiger partial charge in [0.1, 0.15) is 0 Å². The maximum Gasteiger partial charge on any atom is 0.170 e. The topological polar surface area (TPSA) is 48.4 Å². The Morgan fingerprint density at radius 3 is 2.35 bits per heavy atom. The highest BCUT2D eigenvalue weighted by atomic mass is 32.1. The summed E-state index contributed by atoms with van der Waals surface area (Å²) >= 11 is 5.93. The van der Waals surface area contributed by atoms with E-state index in [2.05, 4.69) is 119 Å². The van der Waals surface area contributed by atoms with E-state index in [1.165, 1.54) is 28.3 Å². The highest BCUT2D eigenvalue weighted by Crippen LogP contribution is 2.41. The SMILES string of the molecule is CCN(CC)c1ccc(-n2c(C)cc(C3C(c4ccccn4)NC(=S)N3CCCNc3ccccc3)c2C)cc1. The van der Waals surface area contributed by atoms with Crippen molar-refractivity contribution >= 4 is 28.7 Å². The molecule has 0 radical (unpaired) electrons. The highest BCUT2D eigenvalue weighted by Gasteiger charge is 2.41. The van der Waals surface area contributed by atoms with Crippen LogP contribution in [0.5, 0.6) is 0 Å². The smallest absolute Gasteiger partial charge is 0.170 e. The van der Waals surface area contributed by atoms with E-state index in [1.54, 1.807) is 0 Å². The predicted octanol–water partition coefficient (Wildman–Crippen LogP) is 6.81. The summed E-state index contributed by atoms with van der Waals surface area (Å²) in [5, 5.41) is 7.94. The van der Waals surface area contributed by atoms with Crippen molar-refractivity contribution in [3.8, 4) is 5.69 Å². The molecular weight excluding hydrogens is 512 g/mol. The Morgan fingerprint density at radius 2 is 1.68 bits per heavy atom. The minimum Gasteiger partial charge on any atom is -0.385 e. The number of aryl methyl sites for hydroxylation is 1. The van der Waals surface area contributed by atoms with E-state index < -0.39 is 0 Å². The molecule has 3 heterocycles. The molecule has 2 unspecified atom stereocenters. The molecule has 208 valence electrons. The molecule has 6 nitrogen and oxygen atoms in total. The lowest BCUT2D eigenvalue weighted by atomic mass is 9.96. The zero-order chi connectivity index (χ0) is 28.1. The van der Waals surface area contributed by atoms with Crippen LogP contribution in [0.4, 0.5) is 11.4 Å². The summed E-state index contributed by atoms with van der Waals surface area (Å²) in [6.45, 7) is 12.6. The molecule has 1 fully saturated rings. The fraction of sp³-hybridized carbons (Fsp3) is 0.333. The number of pyridine rings is 1. The zero-order valence-corrected chi connectivity index (χ0v) is 24.8. The van der Waals surface area contributed by atoms with Crippen molar-refractivity contribution in [2.45, 2.75) is 46.2 Å². The number of nitrogens with one attached hydrogen (secondary N) is 2. The first-order valence-corrected chi connectivity index (χ1v) is 14.7. The first-order chi connectivity index (χ1) is 19.5. The van der Waals surface area contributed by atoms with Crippen molar-refractivity contribution in [1.29, 1.82) is 0 Å². The van der Waals surface area contributed by atoms with Crippen LogP contribution in [0.15, 0.2) is 85.1 Å². The van der Waals surface area contributed by atoms with E-state index in [0.29, 0.717) is 0 Å². The molecule has 2 aromatic carbocycles. The molecule has 2 atom stereocenters. The molecule has 5 rings (SSSR count). The minimum absolute atomic E-state index is 0.0187. The van der Waals surface area contributed by atoms with Crippen LogP contribution in [0.1, 0.15) is 55.0 Å². The molecule has 7 heteroatoms. The lowest BCUT2D eigenvalue weighted by Gasteiger charge is -2.28. The van der Waals surface area contributed by atoms with Gasteiger partial charge in [-0.1, -0.05) is 24.3 Å². The number of anilines is 2. The normalized spacial score (nSPS) is 16.7. The van der Waals surface area contributed by atoms with Crippen LogP contribution in [0.3, 0.4) is 0 Å². The summed E-state index contributed by atoms with van der Waals surface area (Å²) in [7, 11) is 0. The molecule has 1 aliphatic rings. The molecule has 1 aliphatic heterocycles. The van der Waals surface area contributed by atoms with Crippen LogP contribution in [0.25, 0.3) is 5.69 Å². The number of nitrogens with zero attached hydrogens (tertiary/aromatic N) is 4. The van der Waals surface area contributed by atoms with Crippen LogP contribution >= 0.6 is 12.2 Å². The average Bonchev–Trinajstić information content (AvgIpc) is 3.47. The van der Waals surface area contributed by atoms with Crippen molar-refractivity contribution in [3.05, 3.63) is 108 Å². The molecule has 0 amide bonds. The fourth-order valence-corrected chi connectivity index (χ4v) is 6.24. The van der Waals surface area contributed by atoms with E-state index in [9.17, 15) is 0 Å². The van der Waals surface area contributed by atoms with Crippen molar-refractivity contribution in [2.24, 2.45) is 0 Å². The van der Waals surface area contributed by atoms with Gasteiger partial charge >= 0.3 is 0 Å². The van der Waals surface area contributed by atoms with Gasteiger partial charge in [-0.15, -0.1) is 0 Å². The van der Waals surface area contributed by atoms with Gasteiger partial charge in [-0.05, 0) is 106 Å². The van der Waals surface area contributed by atoms with Gasteiger partial charge in [-0.25, -0.2) is 0 Å². The molecule has 0 spiro atoms. The summed E-state index contributed by atoms with van der Waals surface area (Å²) < 4.78 is 2.37. The molecule has 0 saturated carbocycles. The van der Waals surface area contributed by atoms with Gasteiger partial charge in [-0.3, -0.25) is 4.98 Å². The lowest BCUT2D eigenvalue weighted by molar-refractivity contribution is 0.315. The third-order valence-corrected chi connectivity index (χ3v) is 8.25. The van der Waals surface area contributed by atoms with Crippen LogP contribution < -0.4 is 15.5 Å². The maximum absolute atomic E-state index is 5.93. The van der Waals surface area contributed by atoms with E-state index in [4.69, 9.17) is 17.2 Å². The van der Waals surface area contributed by atoms with Crippen molar-refractivity contribution in [1.82, 2.24) is 19.8 Å². The monoisotopic (exact) mass is 552 g/mol. The van der Waals surface area contributed by atoms with Gasteiger partial charge in [0.2, 0.25) is 0 Å². The number of hydrogen-bond donors (Lipinski definition) is 2. The number of hydrogen-bond acceptors (Lipinski definition) is 4. The van der Waals surface area contributed by atoms with Crippen LogP contribution in [0, 0.1) is 13.8 Å². The van der Waals surface area contributed by atoms with Crippen molar-refractivity contribution in [2.75, 3.05) is 36.4 Å². The Morgan fingerprint density at radius 1 is 0.950 bits per heavy atom. The standard InChI is InChI=1S/C33H40N6S/c1-5-37(6-2)27-16-18-28(19-17-27)39-24(3)23-29(25(39)4)32-31(30-15-10-11-20-35-30)36-33(40)38(32)22-12-21-34-26-13-8-7-9-14-26/h7-11,13-20,23,31-32,34H,5-6,12,21-22H2,1-4H3,(H,36,40). The van der Waals surface area contributed by atoms with E-state index in [-0.39, 0.29) is 12.1 Å². The summed E-state index contributed by atoms with van der Waals surface area (Å²) in [5.74, 6) is 0. The second kappa shape index (κ2) is 12.6. The number of benzene rings is 2. The first kappa shape index (κ1) is 27.7. The highest BCUT2D eigenvalue weighted by molar-refractivity contribution is 7.80. The minimum atomic E-state index is -0.0187. The maximum atomic E-state index is 5.93. The van der Waals surface area contributed by atoms with Crippen LogP contribution in [0.2, 0.25) is 0 Å². The second-order valence-electron chi connectivity index (χ2n) is 10.3. The Bertz CT molecular complexity index is 1400. The molecule has 0 bridgehead atoms. The molecular formula is C33H40N6S. The quantitative estimate of drug-likeness (QED) is 0.157. The summed E-state index contributed by atoms with van der Waals surface area (Å²) in [6, 6.07) is 27.8. The third kappa shape index (κ3) is 5.70. The molecule has 40 heavy (non-hydrogen) atoms. The summed E-state index contributed by atoms with van der Waals surface area (Å²) in [5.41, 5.74) is 8.32. The Labute approximate surface area is 244 Å². The van der Waals surface area contributed by atoms with Gasteiger partial charge in [-0.2, -0.15) is 0 Å². The van der Waals surface area contributed by atoms with E-state index >= 15 is 0 Å². The van der Waals surface area contributed by atoms with Gasteiger partial charge in [0.15, 0.2) is 5.11 Å². The predicted molar refractivity (Wildman–Crippen MR) is 171 cm³/mol. The Hall–Kier alpha value is -3.84. The number of rotatable bonds is 11. The second-order valence-corrected chi connectivity index (χ2v) is 10.7. The molecule has 1 saturated heterocycles. The largest absolute Gasteiger partial charge is 0.385 e. The Kier molecular flexibility index (Phi) is 8.70. The molecule has 0 aliphatic carbocycles. The van der Waals surface area contributed by atoms with E-state index in [1.807, 2.05) is 18.3 Å². The van der Waals surface area contributed by atoms with Crippen molar-refractivity contribution in [3.63, 3.8) is 0 Å². The van der Waals surface area contributed by atoms with Gasteiger partial charge in [0.25, 0.3) is 0 Å². The van der Waals surface area contributed by atoms with Crippen LogP contribution in [-0.2, 0) is 0 Å². The summed E-state index contributed by atoms with van der Waals surface area (Å²) in [6.07, 6.45) is 2.83. The molecule has 4 aromatic rings. The first-order valence-electron chi connectivity index (χ1n) is 14.3. The van der Waals surface area contributed by atoms with Crippen LogP contribution in [-0.4, -0.2) is 45.7 Å². The zero-order valence-electron chi connectivity index (χ0n) is 24.0. The molecule has 2 N–H and O–H groups in total. The fourth-order valence-electron chi connectivity index (χ4n) is 5.91. The Balaban J connectivity index is 1.44. The summed E-state index contributed by atoms with van der Waals surface area (Å²) in [4.78, 5) is 9.46. The third-order valence-electron chi connectivity index (χ3n) is 7.90. The number of aromatic nitrogens is 2. The van der Waals surface area contributed by atoms with E-state index in [0.717, 1.165) is 49.1 Å². The lowest BCUT2D eigenvalue weighted by Crippen LogP contribution is -2.31. The number of para-hydroxylation sites is 1. The van der Waals surface area contributed by atoms with Crippen molar-refractivity contribution < 1.29 is 0 Å². The molecule has 2 aromatic heterocycles. The van der Waals surface area contributed by atoms with Gasteiger partial charge in [0.05, 0.1) is 17.8 Å². The van der Waals surface area contributed by atoms with Gasteiger partial charge < -0.3 is 25.0 Å². The number of thiocarbonyl (C=S) groups is 1. The average molecular weight is 553 g/mol. The van der Waals surface area contributed by atoms with Gasteiger partial charge in [0, 0.05) is 60.8 Å².